The Labute approximate surface area is 161 Å². The molecule has 2 N–H and O–H groups in total. The fraction of sp³-hybridized carbons (Fsp3) is 0.263. The number of carbonyl (C=O) groups excluding carboxylic acids is 1. The van der Waals surface area contributed by atoms with E-state index in [0.29, 0.717) is 23.0 Å². The molecule has 0 spiro atoms. The van der Waals surface area contributed by atoms with Gasteiger partial charge >= 0.3 is 0 Å². The number of nitrogens with zero attached hydrogens (tertiary/aromatic N) is 4. The van der Waals surface area contributed by atoms with E-state index < -0.39 is 0 Å². The Morgan fingerprint density at radius 1 is 1.22 bits per heavy atom. The second-order valence-corrected chi connectivity index (χ2v) is 7.77. The molecular formula is C19H20N6OS. The van der Waals surface area contributed by atoms with E-state index in [4.69, 9.17) is 5.41 Å². The molecule has 8 heteroatoms. The van der Waals surface area contributed by atoms with Crippen LogP contribution in [0.3, 0.4) is 0 Å². The molecule has 7 nitrogen and oxygen atoms in total. The number of amides is 1. The molecule has 2 aromatic heterocycles. The molecule has 0 atom stereocenters. The number of likely N-dealkylation sites (tertiary alicyclic amines) is 1. The summed E-state index contributed by atoms with van der Waals surface area (Å²) in [5, 5.41) is 19.3. The Morgan fingerprint density at radius 3 is 2.63 bits per heavy atom. The van der Waals surface area contributed by atoms with Gasteiger partial charge in [0.05, 0.1) is 23.3 Å². The van der Waals surface area contributed by atoms with E-state index in [2.05, 4.69) is 20.5 Å². The minimum atomic E-state index is -0.100. The first-order valence-electron chi connectivity index (χ1n) is 8.80. The van der Waals surface area contributed by atoms with Crippen LogP contribution in [0.25, 0.3) is 5.69 Å². The quantitative estimate of drug-likeness (QED) is 0.526. The monoisotopic (exact) mass is 380 g/mol. The number of aromatic nitrogens is 3. The van der Waals surface area contributed by atoms with E-state index in [9.17, 15) is 4.79 Å². The van der Waals surface area contributed by atoms with E-state index >= 15 is 0 Å². The maximum atomic E-state index is 12.1. The van der Waals surface area contributed by atoms with Crippen molar-refractivity contribution < 1.29 is 4.79 Å². The molecule has 0 radical (unpaired) electrons. The van der Waals surface area contributed by atoms with Crippen molar-refractivity contribution in [2.75, 3.05) is 13.1 Å². The number of hydrogen-bond donors (Lipinski definition) is 2. The summed E-state index contributed by atoms with van der Waals surface area (Å²) in [4.78, 5) is 16.0. The molecule has 138 valence electrons. The third kappa shape index (κ3) is 3.75. The van der Waals surface area contributed by atoms with Gasteiger partial charge in [0.1, 0.15) is 11.5 Å². The van der Waals surface area contributed by atoms with E-state index in [1.165, 1.54) is 11.3 Å². The van der Waals surface area contributed by atoms with Crippen molar-refractivity contribution in [2.24, 2.45) is 0 Å². The second-order valence-electron chi connectivity index (χ2n) is 6.48. The van der Waals surface area contributed by atoms with E-state index in [-0.39, 0.29) is 5.91 Å². The third-order valence-corrected chi connectivity index (χ3v) is 5.51. The lowest BCUT2D eigenvalue weighted by atomic mass is 10.1. The molecule has 27 heavy (non-hydrogen) atoms. The number of hydrogen-bond acceptors (Lipinski definition) is 5. The van der Waals surface area contributed by atoms with Crippen molar-refractivity contribution in [3.8, 4) is 5.69 Å². The van der Waals surface area contributed by atoms with Crippen LogP contribution in [0.5, 0.6) is 0 Å². The number of rotatable bonds is 5. The number of thiophene rings is 1. The summed E-state index contributed by atoms with van der Waals surface area (Å²) < 4.78 is 1.67. The molecule has 0 bridgehead atoms. The summed E-state index contributed by atoms with van der Waals surface area (Å²) in [6, 6.07) is 11.5. The zero-order chi connectivity index (χ0) is 18.8. The molecule has 4 rings (SSSR count). The van der Waals surface area contributed by atoms with Gasteiger partial charge in [-0.15, -0.1) is 16.4 Å². The number of aryl methyl sites for hydroxylation is 1. The van der Waals surface area contributed by atoms with Gasteiger partial charge in [-0.1, -0.05) is 5.21 Å². The van der Waals surface area contributed by atoms with Crippen LogP contribution < -0.4 is 5.32 Å². The van der Waals surface area contributed by atoms with Gasteiger partial charge in [-0.2, -0.15) is 0 Å². The molecule has 0 unspecified atom stereocenters. The topological polar surface area (TPSA) is 86.9 Å². The highest BCUT2D eigenvalue weighted by Crippen LogP contribution is 2.16. The Balaban J connectivity index is 1.38. The van der Waals surface area contributed by atoms with Crippen LogP contribution in [0, 0.1) is 12.3 Å². The van der Waals surface area contributed by atoms with Crippen LogP contribution in [0.2, 0.25) is 0 Å². The maximum absolute atomic E-state index is 12.1. The summed E-state index contributed by atoms with van der Waals surface area (Å²) in [7, 11) is 0. The summed E-state index contributed by atoms with van der Waals surface area (Å²) in [6.07, 6.45) is 2.96. The molecule has 1 amide bonds. The molecule has 0 aliphatic carbocycles. The third-order valence-electron chi connectivity index (χ3n) is 4.51. The largest absolute Gasteiger partial charge is 0.356 e. The highest BCUT2D eigenvalue weighted by molar-refractivity contribution is 7.13. The molecule has 1 saturated heterocycles. The lowest BCUT2D eigenvalue weighted by Crippen LogP contribution is -2.42. The highest BCUT2D eigenvalue weighted by Gasteiger charge is 2.18. The first kappa shape index (κ1) is 17.4. The van der Waals surface area contributed by atoms with Crippen LogP contribution in [0.4, 0.5) is 0 Å². The average molecular weight is 380 g/mol. The number of benzene rings is 1. The van der Waals surface area contributed by atoms with Crippen molar-refractivity contribution in [1.82, 2.24) is 25.2 Å². The SMILES string of the molecule is Cc1ccc(C(=O)NCc2cn(-c3ccc(C(=N)N4CCC4)cc3)nn2)s1. The first-order valence-corrected chi connectivity index (χ1v) is 9.62. The van der Waals surface area contributed by atoms with Crippen molar-refractivity contribution in [2.45, 2.75) is 19.9 Å². The van der Waals surface area contributed by atoms with Gasteiger partial charge in [0.2, 0.25) is 0 Å². The van der Waals surface area contributed by atoms with Crippen molar-refractivity contribution in [3.63, 3.8) is 0 Å². The van der Waals surface area contributed by atoms with Crippen LogP contribution in [0.15, 0.2) is 42.6 Å². The van der Waals surface area contributed by atoms with Gasteiger partial charge in [0.25, 0.3) is 5.91 Å². The minimum Gasteiger partial charge on any atom is -0.356 e. The smallest absolute Gasteiger partial charge is 0.261 e. The van der Waals surface area contributed by atoms with Crippen LogP contribution >= 0.6 is 11.3 Å². The fourth-order valence-electron chi connectivity index (χ4n) is 2.81. The summed E-state index contributed by atoms with van der Waals surface area (Å²) in [6.45, 7) is 4.23. The lowest BCUT2D eigenvalue weighted by Gasteiger charge is -2.33. The normalized spacial score (nSPS) is 13.3. The lowest BCUT2D eigenvalue weighted by molar-refractivity contribution is 0.0954. The van der Waals surface area contributed by atoms with E-state index in [1.54, 1.807) is 10.9 Å². The van der Waals surface area contributed by atoms with Crippen molar-refractivity contribution in [3.05, 3.63) is 63.6 Å². The molecule has 1 fully saturated rings. The Kier molecular flexibility index (Phi) is 4.72. The predicted octanol–water partition coefficient (Wildman–Crippen LogP) is 2.60. The van der Waals surface area contributed by atoms with E-state index in [0.717, 1.165) is 35.6 Å². The number of amidine groups is 1. The van der Waals surface area contributed by atoms with Gasteiger partial charge in [-0.25, -0.2) is 4.68 Å². The molecule has 3 aromatic rings. The van der Waals surface area contributed by atoms with Crippen LogP contribution in [0.1, 0.15) is 32.2 Å². The second kappa shape index (κ2) is 7.32. The zero-order valence-corrected chi connectivity index (χ0v) is 15.8. The molecule has 1 aliphatic rings. The van der Waals surface area contributed by atoms with Gasteiger partial charge in [0, 0.05) is 23.5 Å². The molecule has 0 saturated carbocycles. The van der Waals surface area contributed by atoms with Gasteiger partial charge < -0.3 is 10.2 Å². The first-order chi connectivity index (χ1) is 13.1. The van der Waals surface area contributed by atoms with E-state index in [1.807, 2.05) is 43.3 Å². The number of carbonyl (C=O) groups is 1. The maximum Gasteiger partial charge on any atom is 0.261 e. The molecule has 1 aliphatic heterocycles. The Hall–Kier alpha value is -3.00. The van der Waals surface area contributed by atoms with Crippen molar-refractivity contribution >= 4 is 23.1 Å². The van der Waals surface area contributed by atoms with Crippen molar-refractivity contribution in [1.29, 1.82) is 5.41 Å². The molecule has 1 aromatic carbocycles. The number of nitrogens with one attached hydrogen (secondary N) is 2. The Bertz CT molecular complexity index is 970. The Morgan fingerprint density at radius 2 is 2.00 bits per heavy atom. The molecule has 3 heterocycles. The van der Waals surface area contributed by atoms with Gasteiger partial charge in [0.15, 0.2) is 0 Å². The minimum absolute atomic E-state index is 0.100. The highest BCUT2D eigenvalue weighted by atomic mass is 32.1. The standard InChI is InChI=1S/C19H20N6OS/c1-13-3-8-17(27-13)19(26)21-11-15-12-25(23-22-15)16-6-4-14(5-7-16)18(20)24-9-2-10-24/h3-8,12,20H,2,9-11H2,1H3,(H,21,26). The van der Waals surface area contributed by atoms with Crippen LogP contribution in [-0.4, -0.2) is 44.7 Å². The van der Waals surface area contributed by atoms with Crippen LogP contribution in [-0.2, 0) is 6.54 Å². The van der Waals surface area contributed by atoms with Gasteiger partial charge in [-0.3, -0.25) is 10.2 Å². The molecular weight excluding hydrogens is 360 g/mol. The summed E-state index contributed by atoms with van der Waals surface area (Å²) in [5.74, 6) is 0.468. The summed E-state index contributed by atoms with van der Waals surface area (Å²) in [5.41, 5.74) is 2.46. The average Bonchev–Trinajstić information content (AvgIpc) is 3.27. The predicted molar refractivity (Wildman–Crippen MR) is 105 cm³/mol. The van der Waals surface area contributed by atoms with Gasteiger partial charge in [-0.05, 0) is 49.7 Å². The summed E-state index contributed by atoms with van der Waals surface area (Å²) >= 11 is 1.47. The fourth-order valence-corrected chi connectivity index (χ4v) is 3.60. The zero-order valence-electron chi connectivity index (χ0n) is 15.0.